The Labute approximate surface area is 151 Å². The van der Waals surface area contributed by atoms with Crippen LogP contribution < -0.4 is 0 Å². The van der Waals surface area contributed by atoms with Crippen LogP contribution in [0, 0.1) is 0 Å². The lowest BCUT2D eigenvalue weighted by Gasteiger charge is -2.15. The lowest BCUT2D eigenvalue weighted by molar-refractivity contribution is -0.130. The zero-order valence-electron chi connectivity index (χ0n) is 14.3. The molecule has 1 saturated heterocycles. The molecule has 4 rings (SSSR count). The molecule has 0 N–H and O–H groups in total. The normalized spacial score (nSPS) is 16.8. The standard InChI is InChI=1S/C19H19N5O2/c25-17(7-6-14-4-2-1-3-5-14)24-11-8-15(13-24)18-22-19(26-23-18)16-12-20-9-10-21-16/h1-5,9-10,12,15H,6-8,11,13H2. The van der Waals surface area contributed by atoms with Crippen LogP contribution in [0.2, 0.25) is 0 Å². The lowest BCUT2D eigenvalue weighted by atomic mass is 10.1. The van der Waals surface area contributed by atoms with Crippen molar-refractivity contribution in [1.82, 2.24) is 25.0 Å². The molecule has 7 nitrogen and oxygen atoms in total. The SMILES string of the molecule is O=C(CCc1ccccc1)N1CCC(c2noc(-c3cnccn3)n2)C1. The van der Waals surface area contributed by atoms with Gasteiger partial charge in [-0.2, -0.15) is 4.98 Å². The number of hydrogen-bond donors (Lipinski definition) is 0. The Morgan fingerprint density at radius 3 is 2.92 bits per heavy atom. The van der Waals surface area contributed by atoms with E-state index in [9.17, 15) is 4.79 Å². The van der Waals surface area contributed by atoms with Crippen LogP contribution in [0.25, 0.3) is 11.6 Å². The van der Waals surface area contributed by atoms with Gasteiger partial charge in [0.1, 0.15) is 5.69 Å². The summed E-state index contributed by atoms with van der Waals surface area (Å²) in [5, 5.41) is 4.07. The summed E-state index contributed by atoms with van der Waals surface area (Å²) < 4.78 is 5.30. The molecule has 0 spiro atoms. The van der Waals surface area contributed by atoms with Gasteiger partial charge in [-0.3, -0.25) is 9.78 Å². The monoisotopic (exact) mass is 349 g/mol. The molecule has 3 heterocycles. The predicted molar refractivity (Wildman–Crippen MR) is 94.0 cm³/mol. The third kappa shape index (κ3) is 3.61. The molecule has 0 aliphatic carbocycles. The lowest BCUT2D eigenvalue weighted by Crippen LogP contribution is -2.28. The topological polar surface area (TPSA) is 85.0 Å². The summed E-state index contributed by atoms with van der Waals surface area (Å²) >= 11 is 0. The summed E-state index contributed by atoms with van der Waals surface area (Å²) in [5.41, 5.74) is 1.74. The number of aromatic nitrogens is 4. The second kappa shape index (κ2) is 7.43. The molecular formula is C19H19N5O2. The molecule has 3 aromatic rings. The highest BCUT2D eigenvalue weighted by atomic mass is 16.5. The van der Waals surface area contributed by atoms with E-state index in [1.165, 1.54) is 5.56 Å². The minimum absolute atomic E-state index is 0.102. The van der Waals surface area contributed by atoms with E-state index in [2.05, 4.69) is 20.1 Å². The quantitative estimate of drug-likeness (QED) is 0.703. The average molecular weight is 349 g/mol. The van der Waals surface area contributed by atoms with Gasteiger partial charge in [-0.1, -0.05) is 35.5 Å². The maximum absolute atomic E-state index is 12.5. The third-order valence-electron chi connectivity index (χ3n) is 4.60. The van der Waals surface area contributed by atoms with Crippen molar-refractivity contribution in [2.75, 3.05) is 13.1 Å². The summed E-state index contributed by atoms with van der Waals surface area (Å²) in [6, 6.07) is 10.1. The highest BCUT2D eigenvalue weighted by molar-refractivity contribution is 5.76. The van der Waals surface area contributed by atoms with Gasteiger partial charge in [0.25, 0.3) is 5.89 Å². The van der Waals surface area contributed by atoms with Crippen LogP contribution in [0.15, 0.2) is 53.4 Å². The summed E-state index contributed by atoms with van der Waals surface area (Å²) in [6.07, 6.45) is 6.90. The molecule has 1 aromatic carbocycles. The molecule has 1 atom stereocenters. The fraction of sp³-hybridized carbons (Fsp3) is 0.316. The van der Waals surface area contributed by atoms with Gasteiger partial charge in [-0.15, -0.1) is 0 Å². The number of hydrogen-bond acceptors (Lipinski definition) is 6. The van der Waals surface area contributed by atoms with Crippen molar-refractivity contribution in [2.45, 2.75) is 25.2 Å². The van der Waals surface area contributed by atoms with Gasteiger partial charge in [-0.05, 0) is 18.4 Å². The van der Waals surface area contributed by atoms with Crippen molar-refractivity contribution < 1.29 is 9.32 Å². The van der Waals surface area contributed by atoms with Crippen molar-refractivity contribution in [3.8, 4) is 11.6 Å². The maximum atomic E-state index is 12.5. The Kier molecular flexibility index (Phi) is 4.68. The van der Waals surface area contributed by atoms with Gasteiger partial charge in [-0.25, -0.2) is 4.98 Å². The van der Waals surface area contributed by atoms with Crippen LogP contribution in [-0.2, 0) is 11.2 Å². The first-order valence-corrected chi connectivity index (χ1v) is 8.71. The van der Waals surface area contributed by atoms with Crippen LogP contribution in [0.1, 0.15) is 30.1 Å². The molecule has 1 aliphatic heterocycles. The zero-order valence-corrected chi connectivity index (χ0v) is 14.3. The van der Waals surface area contributed by atoms with Crippen molar-refractivity contribution in [3.63, 3.8) is 0 Å². The van der Waals surface area contributed by atoms with Crippen LogP contribution in [0.5, 0.6) is 0 Å². The number of likely N-dealkylation sites (tertiary alicyclic amines) is 1. The first-order chi connectivity index (χ1) is 12.8. The van der Waals surface area contributed by atoms with Crippen LogP contribution in [0.3, 0.4) is 0 Å². The van der Waals surface area contributed by atoms with Gasteiger partial charge in [0.05, 0.1) is 6.20 Å². The molecule has 0 bridgehead atoms. The van der Waals surface area contributed by atoms with Crippen LogP contribution in [-0.4, -0.2) is 44.0 Å². The fourth-order valence-electron chi connectivity index (χ4n) is 3.17. The molecule has 1 aliphatic rings. The summed E-state index contributed by atoms with van der Waals surface area (Å²) in [4.78, 5) is 27.0. The average Bonchev–Trinajstić information content (AvgIpc) is 3.37. The summed E-state index contributed by atoms with van der Waals surface area (Å²) in [7, 11) is 0. The van der Waals surface area contributed by atoms with E-state index in [0.29, 0.717) is 30.4 Å². The van der Waals surface area contributed by atoms with Crippen molar-refractivity contribution >= 4 is 5.91 Å². The molecule has 1 amide bonds. The largest absolute Gasteiger partial charge is 0.342 e. The van der Waals surface area contributed by atoms with Crippen LogP contribution >= 0.6 is 0 Å². The van der Waals surface area contributed by atoms with E-state index in [0.717, 1.165) is 19.4 Å². The Balaban J connectivity index is 1.35. The number of aryl methyl sites for hydroxylation is 1. The Hall–Kier alpha value is -3.09. The van der Waals surface area contributed by atoms with E-state index in [1.54, 1.807) is 18.6 Å². The predicted octanol–water partition coefficient (Wildman–Crippen LogP) is 2.48. The number of rotatable bonds is 5. The molecule has 1 unspecified atom stereocenters. The van der Waals surface area contributed by atoms with Gasteiger partial charge < -0.3 is 9.42 Å². The van der Waals surface area contributed by atoms with Gasteiger partial charge >= 0.3 is 0 Å². The second-order valence-electron chi connectivity index (χ2n) is 6.36. The van der Waals surface area contributed by atoms with Crippen molar-refractivity contribution in [3.05, 3.63) is 60.3 Å². The molecule has 7 heteroatoms. The number of nitrogens with zero attached hydrogens (tertiary/aromatic N) is 5. The molecule has 1 fully saturated rings. The van der Waals surface area contributed by atoms with Gasteiger partial charge in [0.15, 0.2) is 5.82 Å². The van der Waals surface area contributed by atoms with E-state index >= 15 is 0 Å². The molecule has 132 valence electrons. The molecule has 0 saturated carbocycles. The third-order valence-corrected chi connectivity index (χ3v) is 4.60. The van der Waals surface area contributed by atoms with E-state index in [1.807, 2.05) is 35.2 Å². The number of carbonyl (C=O) groups is 1. The van der Waals surface area contributed by atoms with E-state index in [-0.39, 0.29) is 11.8 Å². The summed E-state index contributed by atoms with van der Waals surface area (Å²) in [5.74, 6) is 1.27. The highest BCUT2D eigenvalue weighted by Gasteiger charge is 2.30. The summed E-state index contributed by atoms with van der Waals surface area (Å²) in [6.45, 7) is 1.36. The van der Waals surface area contributed by atoms with Gasteiger partial charge in [0.2, 0.25) is 5.91 Å². The zero-order chi connectivity index (χ0) is 17.8. The fourth-order valence-corrected chi connectivity index (χ4v) is 3.17. The molecular weight excluding hydrogens is 330 g/mol. The molecule has 2 aromatic heterocycles. The Bertz CT molecular complexity index is 866. The van der Waals surface area contributed by atoms with Crippen LogP contribution in [0.4, 0.5) is 0 Å². The van der Waals surface area contributed by atoms with E-state index in [4.69, 9.17) is 4.52 Å². The van der Waals surface area contributed by atoms with Gasteiger partial charge in [0, 0.05) is 37.8 Å². The van der Waals surface area contributed by atoms with E-state index < -0.39 is 0 Å². The molecule has 0 radical (unpaired) electrons. The second-order valence-corrected chi connectivity index (χ2v) is 6.36. The Morgan fingerprint density at radius 2 is 2.12 bits per heavy atom. The first-order valence-electron chi connectivity index (χ1n) is 8.71. The van der Waals surface area contributed by atoms with Crippen molar-refractivity contribution in [1.29, 1.82) is 0 Å². The molecule has 26 heavy (non-hydrogen) atoms. The maximum Gasteiger partial charge on any atom is 0.278 e. The highest BCUT2D eigenvalue weighted by Crippen LogP contribution is 2.27. The Morgan fingerprint density at radius 1 is 1.23 bits per heavy atom. The minimum Gasteiger partial charge on any atom is -0.342 e. The number of benzene rings is 1. The number of carbonyl (C=O) groups excluding carboxylic acids is 1. The smallest absolute Gasteiger partial charge is 0.278 e. The number of amides is 1. The first kappa shape index (κ1) is 16.4. The minimum atomic E-state index is 0.102. The van der Waals surface area contributed by atoms with Crippen molar-refractivity contribution in [2.24, 2.45) is 0 Å².